The molecule has 0 bridgehead atoms. The lowest BCUT2D eigenvalue weighted by Crippen LogP contribution is -2.43. The Balaban J connectivity index is 1.73. The van der Waals surface area contributed by atoms with E-state index in [2.05, 4.69) is 12.2 Å². The zero-order valence-electron chi connectivity index (χ0n) is 11.3. The molecular formula is C15H29NO. The summed E-state index contributed by atoms with van der Waals surface area (Å²) < 4.78 is 0. The highest BCUT2D eigenvalue weighted by Gasteiger charge is 2.24. The van der Waals surface area contributed by atoms with Gasteiger partial charge in [0.25, 0.3) is 0 Å². The third kappa shape index (κ3) is 4.26. The fourth-order valence-electron chi connectivity index (χ4n) is 3.56. The standard InChI is InChI=1S/C15H29NO/c1-12(13-6-4-2-3-5-7-13)16-14-8-10-15(17)11-9-14/h12-17H,2-11H2,1H3/t12-,14?,15?/m1/s1. The minimum absolute atomic E-state index is 0.0266. The van der Waals surface area contributed by atoms with Gasteiger partial charge in [0.1, 0.15) is 0 Å². The Kier molecular flexibility index (Phi) is 5.30. The molecule has 17 heavy (non-hydrogen) atoms. The summed E-state index contributed by atoms with van der Waals surface area (Å²) in [5, 5.41) is 13.3. The van der Waals surface area contributed by atoms with Gasteiger partial charge in [0.15, 0.2) is 0 Å². The Labute approximate surface area is 106 Å². The Morgan fingerprint density at radius 3 is 2.06 bits per heavy atom. The molecule has 0 heterocycles. The third-order valence-corrected chi connectivity index (χ3v) is 4.80. The molecule has 2 aliphatic rings. The summed E-state index contributed by atoms with van der Waals surface area (Å²) in [6, 6.07) is 1.34. The van der Waals surface area contributed by atoms with Gasteiger partial charge in [-0.15, -0.1) is 0 Å². The first kappa shape index (κ1) is 13.4. The van der Waals surface area contributed by atoms with E-state index < -0.39 is 0 Å². The minimum Gasteiger partial charge on any atom is -0.393 e. The zero-order valence-corrected chi connectivity index (χ0v) is 11.3. The van der Waals surface area contributed by atoms with E-state index in [9.17, 15) is 5.11 Å². The highest BCUT2D eigenvalue weighted by atomic mass is 16.3. The van der Waals surface area contributed by atoms with Gasteiger partial charge < -0.3 is 10.4 Å². The maximum absolute atomic E-state index is 9.52. The summed E-state index contributed by atoms with van der Waals surface area (Å²) >= 11 is 0. The lowest BCUT2D eigenvalue weighted by molar-refractivity contribution is 0.111. The van der Waals surface area contributed by atoms with Crippen molar-refractivity contribution in [1.82, 2.24) is 5.32 Å². The van der Waals surface area contributed by atoms with Gasteiger partial charge in [-0.3, -0.25) is 0 Å². The van der Waals surface area contributed by atoms with E-state index >= 15 is 0 Å². The summed E-state index contributed by atoms with van der Waals surface area (Å²) in [4.78, 5) is 0. The maximum atomic E-state index is 9.52. The van der Waals surface area contributed by atoms with Crippen molar-refractivity contribution in [3.63, 3.8) is 0 Å². The van der Waals surface area contributed by atoms with Crippen LogP contribution in [0.2, 0.25) is 0 Å². The van der Waals surface area contributed by atoms with Crippen molar-refractivity contribution in [2.45, 2.75) is 89.3 Å². The molecular weight excluding hydrogens is 210 g/mol. The lowest BCUT2D eigenvalue weighted by Gasteiger charge is -2.32. The molecule has 2 saturated carbocycles. The molecule has 0 amide bonds. The van der Waals surface area contributed by atoms with Crippen LogP contribution in [0, 0.1) is 5.92 Å². The van der Waals surface area contributed by atoms with Gasteiger partial charge in [-0.2, -0.15) is 0 Å². The highest BCUT2D eigenvalue weighted by molar-refractivity contribution is 4.82. The van der Waals surface area contributed by atoms with Crippen molar-refractivity contribution >= 4 is 0 Å². The molecule has 0 aliphatic heterocycles. The number of aliphatic hydroxyl groups excluding tert-OH is 1. The number of rotatable bonds is 3. The molecule has 0 saturated heterocycles. The van der Waals surface area contributed by atoms with Crippen molar-refractivity contribution in [2.75, 3.05) is 0 Å². The second-order valence-electron chi connectivity index (χ2n) is 6.21. The highest BCUT2D eigenvalue weighted by Crippen LogP contribution is 2.27. The van der Waals surface area contributed by atoms with E-state index in [1.54, 1.807) is 0 Å². The average molecular weight is 239 g/mol. The summed E-state index contributed by atoms with van der Waals surface area (Å²) in [7, 11) is 0. The van der Waals surface area contributed by atoms with Crippen molar-refractivity contribution in [3.8, 4) is 0 Å². The zero-order chi connectivity index (χ0) is 12.1. The Bertz CT molecular complexity index is 203. The van der Waals surface area contributed by atoms with Crippen LogP contribution >= 0.6 is 0 Å². The molecule has 1 atom stereocenters. The molecule has 0 unspecified atom stereocenters. The van der Waals surface area contributed by atoms with Crippen molar-refractivity contribution in [3.05, 3.63) is 0 Å². The van der Waals surface area contributed by atoms with Crippen LogP contribution in [0.5, 0.6) is 0 Å². The molecule has 2 N–H and O–H groups in total. The van der Waals surface area contributed by atoms with Crippen LogP contribution in [0.15, 0.2) is 0 Å². The predicted molar refractivity (Wildman–Crippen MR) is 72.1 cm³/mol. The molecule has 0 aromatic rings. The van der Waals surface area contributed by atoms with Crippen molar-refractivity contribution in [2.24, 2.45) is 5.92 Å². The molecule has 2 aliphatic carbocycles. The first-order valence-electron chi connectivity index (χ1n) is 7.70. The van der Waals surface area contributed by atoms with Crippen LogP contribution in [0.4, 0.5) is 0 Å². The molecule has 2 heteroatoms. The molecule has 2 nitrogen and oxygen atoms in total. The van der Waals surface area contributed by atoms with E-state index in [4.69, 9.17) is 0 Å². The summed E-state index contributed by atoms with van der Waals surface area (Å²) in [6.45, 7) is 2.38. The minimum atomic E-state index is -0.0266. The van der Waals surface area contributed by atoms with Gasteiger partial charge in [-0.1, -0.05) is 25.7 Å². The number of hydrogen-bond donors (Lipinski definition) is 2. The van der Waals surface area contributed by atoms with Crippen molar-refractivity contribution < 1.29 is 5.11 Å². The normalized spacial score (nSPS) is 34.2. The van der Waals surface area contributed by atoms with Crippen LogP contribution in [0.25, 0.3) is 0 Å². The fourth-order valence-corrected chi connectivity index (χ4v) is 3.56. The van der Waals surface area contributed by atoms with E-state index in [0.717, 1.165) is 31.6 Å². The molecule has 100 valence electrons. The summed E-state index contributed by atoms with van der Waals surface area (Å²) in [6.07, 6.45) is 12.9. The smallest absolute Gasteiger partial charge is 0.0541 e. The van der Waals surface area contributed by atoms with Gasteiger partial charge in [-0.25, -0.2) is 0 Å². The molecule has 0 radical (unpaired) electrons. The molecule has 0 aromatic carbocycles. The van der Waals surface area contributed by atoms with Crippen molar-refractivity contribution in [1.29, 1.82) is 0 Å². The quantitative estimate of drug-likeness (QED) is 0.741. The Morgan fingerprint density at radius 2 is 1.47 bits per heavy atom. The Morgan fingerprint density at radius 1 is 0.882 bits per heavy atom. The number of nitrogens with one attached hydrogen (secondary N) is 1. The summed E-state index contributed by atoms with van der Waals surface area (Å²) in [5.41, 5.74) is 0. The topological polar surface area (TPSA) is 32.3 Å². The van der Waals surface area contributed by atoms with Crippen LogP contribution in [-0.2, 0) is 0 Å². The average Bonchev–Trinajstić information content (AvgIpc) is 2.61. The first-order valence-corrected chi connectivity index (χ1v) is 7.70. The van der Waals surface area contributed by atoms with Crippen LogP contribution in [0.1, 0.15) is 71.1 Å². The van der Waals surface area contributed by atoms with Gasteiger partial charge in [0, 0.05) is 12.1 Å². The van der Waals surface area contributed by atoms with Gasteiger partial charge in [-0.05, 0) is 51.4 Å². The second-order valence-corrected chi connectivity index (χ2v) is 6.21. The van der Waals surface area contributed by atoms with Gasteiger partial charge in [0.2, 0.25) is 0 Å². The van der Waals surface area contributed by atoms with Gasteiger partial charge in [0.05, 0.1) is 6.10 Å². The second kappa shape index (κ2) is 6.75. The molecule has 0 aromatic heterocycles. The van der Waals surface area contributed by atoms with Crippen LogP contribution in [-0.4, -0.2) is 23.3 Å². The molecule has 2 fully saturated rings. The molecule has 2 rings (SSSR count). The largest absolute Gasteiger partial charge is 0.393 e. The maximum Gasteiger partial charge on any atom is 0.0541 e. The van der Waals surface area contributed by atoms with Gasteiger partial charge >= 0.3 is 0 Å². The van der Waals surface area contributed by atoms with E-state index in [1.165, 1.54) is 38.5 Å². The third-order valence-electron chi connectivity index (χ3n) is 4.80. The summed E-state index contributed by atoms with van der Waals surface area (Å²) in [5.74, 6) is 0.893. The lowest BCUT2D eigenvalue weighted by atomic mass is 9.89. The SMILES string of the molecule is C[C@@H](NC1CCC(O)CC1)C1CCCCCC1. The predicted octanol–water partition coefficient (Wildman–Crippen LogP) is 3.24. The van der Waals surface area contributed by atoms with Crippen LogP contribution < -0.4 is 5.32 Å². The first-order chi connectivity index (χ1) is 8.25. The number of aliphatic hydroxyl groups is 1. The van der Waals surface area contributed by atoms with E-state index in [0.29, 0.717) is 12.1 Å². The number of hydrogen-bond acceptors (Lipinski definition) is 2. The van der Waals surface area contributed by atoms with E-state index in [-0.39, 0.29) is 6.10 Å². The monoisotopic (exact) mass is 239 g/mol. The fraction of sp³-hybridized carbons (Fsp3) is 1.00. The van der Waals surface area contributed by atoms with Crippen LogP contribution in [0.3, 0.4) is 0 Å². The Hall–Kier alpha value is -0.0800. The van der Waals surface area contributed by atoms with E-state index in [1.807, 2.05) is 0 Å². The molecule has 0 spiro atoms.